The normalized spacial score (nSPS) is 10.5. The summed E-state index contributed by atoms with van der Waals surface area (Å²) in [6.07, 6.45) is 1.76. The predicted molar refractivity (Wildman–Crippen MR) is 56.9 cm³/mol. The summed E-state index contributed by atoms with van der Waals surface area (Å²) in [4.78, 5) is 26.2. The summed E-state index contributed by atoms with van der Waals surface area (Å²) in [7, 11) is 0. The Bertz CT molecular complexity index is 607. The van der Waals surface area contributed by atoms with Crippen LogP contribution in [0.25, 0.3) is 5.65 Å². The SMILES string of the molecule is O=Cc1c(Cl)nc2ccc(Cl)cn2c1=O. The average Bonchev–Trinajstić information content (AvgIpc) is 2.20. The van der Waals surface area contributed by atoms with Gasteiger partial charge < -0.3 is 0 Å². The fourth-order valence-corrected chi connectivity index (χ4v) is 1.57. The minimum absolute atomic E-state index is 0.0997. The minimum Gasteiger partial charge on any atom is -0.298 e. The summed E-state index contributed by atoms with van der Waals surface area (Å²) in [5.41, 5.74) is -0.348. The molecule has 0 saturated carbocycles. The van der Waals surface area contributed by atoms with Gasteiger partial charge in [-0.2, -0.15) is 0 Å². The molecule has 76 valence electrons. The number of nitrogens with zero attached hydrogens (tertiary/aromatic N) is 2. The molecule has 0 radical (unpaired) electrons. The molecule has 2 aromatic rings. The lowest BCUT2D eigenvalue weighted by molar-refractivity contribution is 0.112. The van der Waals surface area contributed by atoms with Crippen molar-refractivity contribution in [2.45, 2.75) is 0 Å². The monoisotopic (exact) mass is 242 g/mol. The highest BCUT2D eigenvalue weighted by Crippen LogP contribution is 2.12. The maximum Gasteiger partial charge on any atom is 0.270 e. The highest BCUT2D eigenvalue weighted by atomic mass is 35.5. The molecule has 0 spiro atoms. The van der Waals surface area contributed by atoms with E-state index in [9.17, 15) is 9.59 Å². The van der Waals surface area contributed by atoms with Crippen LogP contribution in [0, 0.1) is 0 Å². The molecule has 2 rings (SSSR count). The van der Waals surface area contributed by atoms with E-state index in [-0.39, 0.29) is 10.7 Å². The second-order valence-corrected chi connectivity index (χ2v) is 3.61. The Morgan fingerprint density at radius 2 is 2.07 bits per heavy atom. The third-order valence-corrected chi connectivity index (χ3v) is 2.40. The first-order valence-electron chi connectivity index (χ1n) is 3.96. The van der Waals surface area contributed by atoms with E-state index in [4.69, 9.17) is 23.2 Å². The molecule has 2 aromatic heterocycles. The first-order valence-corrected chi connectivity index (χ1v) is 4.71. The van der Waals surface area contributed by atoms with Crippen molar-refractivity contribution >= 4 is 35.1 Å². The van der Waals surface area contributed by atoms with Gasteiger partial charge in [0.1, 0.15) is 16.4 Å². The zero-order valence-electron chi connectivity index (χ0n) is 7.28. The number of pyridine rings is 1. The molecule has 0 bridgehead atoms. The van der Waals surface area contributed by atoms with E-state index in [0.29, 0.717) is 17.0 Å². The molecule has 0 aromatic carbocycles. The topological polar surface area (TPSA) is 51.4 Å². The van der Waals surface area contributed by atoms with E-state index in [0.717, 1.165) is 0 Å². The van der Waals surface area contributed by atoms with Gasteiger partial charge in [-0.05, 0) is 12.1 Å². The van der Waals surface area contributed by atoms with E-state index >= 15 is 0 Å². The van der Waals surface area contributed by atoms with Gasteiger partial charge in [0.05, 0.1) is 5.02 Å². The van der Waals surface area contributed by atoms with Gasteiger partial charge in [-0.15, -0.1) is 0 Å². The molecule has 0 unspecified atom stereocenters. The van der Waals surface area contributed by atoms with Gasteiger partial charge in [0.25, 0.3) is 5.56 Å². The fraction of sp³-hybridized carbons (Fsp3) is 0. The lowest BCUT2D eigenvalue weighted by Gasteiger charge is -2.02. The van der Waals surface area contributed by atoms with Crippen LogP contribution in [-0.4, -0.2) is 15.7 Å². The van der Waals surface area contributed by atoms with Crippen molar-refractivity contribution in [1.29, 1.82) is 0 Å². The summed E-state index contributed by atoms with van der Waals surface area (Å²) in [6.45, 7) is 0. The number of hydrogen-bond donors (Lipinski definition) is 0. The van der Waals surface area contributed by atoms with Crippen LogP contribution in [0.5, 0.6) is 0 Å². The molecule has 2 heterocycles. The second-order valence-electron chi connectivity index (χ2n) is 2.81. The summed E-state index contributed by atoms with van der Waals surface area (Å²) < 4.78 is 1.18. The lowest BCUT2D eigenvalue weighted by atomic mass is 10.3. The van der Waals surface area contributed by atoms with Crippen LogP contribution in [0.4, 0.5) is 0 Å². The van der Waals surface area contributed by atoms with Crippen LogP contribution in [-0.2, 0) is 0 Å². The standard InChI is InChI=1S/C9H4Cl2N2O2/c10-5-1-2-7-12-8(11)6(4-14)9(15)13(7)3-5/h1-4H. The number of carbonyl (C=O) groups excluding carboxylic acids is 1. The molecular weight excluding hydrogens is 239 g/mol. The number of hydrogen-bond acceptors (Lipinski definition) is 3. The summed E-state index contributed by atoms with van der Waals surface area (Å²) in [6, 6.07) is 3.13. The fourth-order valence-electron chi connectivity index (χ4n) is 1.20. The van der Waals surface area contributed by atoms with E-state index in [1.807, 2.05) is 0 Å². The summed E-state index contributed by atoms with van der Waals surface area (Å²) in [5, 5.41) is 0.280. The smallest absolute Gasteiger partial charge is 0.270 e. The summed E-state index contributed by atoms with van der Waals surface area (Å²) >= 11 is 11.4. The maximum absolute atomic E-state index is 11.7. The molecule has 0 aliphatic rings. The first kappa shape index (κ1) is 10.1. The van der Waals surface area contributed by atoms with Crippen LogP contribution < -0.4 is 5.56 Å². The van der Waals surface area contributed by atoms with Gasteiger partial charge in [-0.1, -0.05) is 23.2 Å². The van der Waals surface area contributed by atoms with Crippen molar-refractivity contribution in [2.24, 2.45) is 0 Å². The quantitative estimate of drug-likeness (QED) is 0.567. The molecular formula is C9H4Cl2N2O2. The molecule has 0 atom stereocenters. The van der Waals surface area contributed by atoms with Gasteiger partial charge in [-0.25, -0.2) is 4.98 Å². The Morgan fingerprint density at radius 1 is 1.33 bits per heavy atom. The summed E-state index contributed by atoms with van der Waals surface area (Å²) in [5.74, 6) is 0. The van der Waals surface area contributed by atoms with Gasteiger partial charge in [0, 0.05) is 6.20 Å². The molecule has 6 heteroatoms. The zero-order chi connectivity index (χ0) is 11.0. The largest absolute Gasteiger partial charge is 0.298 e. The number of rotatable bonds is 1. The van der Waals surface area contributed by atoms with E-state index in [1.54, 1.807) is 12.1 Å². The third kappa shape index (κ3) is 1.62. The van der Waals surface area contributed by atoms with E-state index < -0.39 is 5.56 Å². The van der Waals surface area contributed by atoms with Crippen molar-refractivity contribution in [3.63, 3.8) is 0 Å². The van der Waals surface area contributed by atoms with Gasteiger partial charge >= 0.3 is 0 Å². The number of aldehydes is 1. The Balaban J connectivity index is 2.99. The zero-order valence-corrected chi connectivity index (χ0v) is 8.79. The molecule has 0 aliphatic carbocycles. The molecule has 0 N–H and O–H groups in total. The van der Waals surface area contributed by atoms with E-state index in [2.05, 4.69) is 4.98 Å². The predicted octanol–water partition coefficient (Wildman–Crippen LogP) is 1.81. The molecule has 4 nitrogen and oxygen atoms in total. The van der Waals surface area contributed by atoms with E-state index in [1.165, 1.54) is 10.6 Å². The van der Waals surface area contributed by atoms with Crippen LogP contribution in [0.3, 0.4) is 0 Å². The molecule has 0 saturated heterocycles. The van der Waals surface area contributed by atoms with Crippen LogP contribution in [0.1, 0.15) is 10.4 Å². The second kappa shape index (κ2) is 3.64. The van der Waals surface area contributed by atoms with Gasteiger partial charge in [-0.3, -0.25) is 14.0 Å². The average molecular weight is 243 g/mol. The molecule has 15 heavy (non-hydrogen) atoms. The lowest BCUT2D eigenvalue weighted by Crippen LogP contribution is -2.19. The molecule has 0 fully saturated rings. The molecule has 0 aliphatic heterocycles. The Hall–Kier alpha value is -1.39. The number of carbonyl (C=O) groups is 1. The Labute approximate surface area is 94.1 Å². The maximum atomic E-state index is 11.7. The van der Waals surface area contributed by atoms with Gasteiger partial charge in [0.2, 0.25) is 0 Å². The van der Waals surface area contributed by atoms with Crippen LogP contribution in [0.15, 0.2) is 23.1 Å². The third-order valence-electron chi connectivity index (χ3n) is 1.89. The highest BCUT2D eigenvalue weighted by molar-refractivity contribution is 6.32. The van der Waals surface area contributed by atoms with Crippen molar-refractivity contribution < 1.29 is 4.79 Å². The van der Waals surface area contributed by atoms with Crippen molar-refractivity contribution in [3.05, 3.63) is 44.4 Å². The van der Waals surface area contributed by atoms with Crippen LogP contribution >= 0.6 is 23.2 Å². The first-order chi connectivity index (χ1) is 7.13. The number of aromatic nitrogens is 2. The van der Waals surface area contributed by atoms with Crippen molar-refractivity contribution in [3.8, 4) is 0 Å². The van der Waals surface area contributed by atoms with Gasteiger partial charge in [0.15, 0.2) is 6.29 Å². The highest BCUT2D eigenvalue weighted by Gasteiger charge is 2.09. The molecule has 0 amide bonds. The van der Waals surface area contributed by atoms with Crippen molar-refractivity contribution in [1.82, 2.24) is 9.38 Å². The van der Waals surface area contributed by atoms with Crippen LogP contribution in [0.2, 0.25) is 10.2 Å². The van der Waals surface area contributed by atoms with Crippen molar-refractivity contribution in [2.75, 3.05) is 0 Å². The Morgan fingerprint density at radius 3 is 2.73 bits per heavy atom. The number of fused-ring (bicyclic) bond motifs is 1. The minimum atomic E-state index is -0.525. The Kier molecular flexibility index (Phi) is 2.46. The number of halogens is 2.